The van der Waals surface area contributed by atoms with Gasteiger partial charge in [0, 0.05) is 24.4 Å². The molecule has 0 radical (unpaired) electrons. The van der Waals surface area contributed by atoms with Crippen molar-refractivity contribution in [3.63, 3.8) is 0 Å². The summed E-state index contributed by atoms with van der Waals surface area (Å²) in [7, 11) is 0. The molecule has 0 saturated carbocycles. The zero-order valence-electron chi connectivity index (χ0n) is 9.88. The first kappa shape index (κ1) is 12.7. The van der Waals surface area contributed by atoms with E-state index in [-0.39, 0.29) is 11.8 Å². The standard InChI is InChI=1S/C11H12ClN5O/c1-7-9(2-3-10(12)15-7)17-6-8(4-11(17)18)5-14-16-13/h2-3,8H,4-6H2,1H3. The molecule has 1 aromatic rings. The Morgan fingerprint density at radius 1 is 1.67 bits per heavy atom. The predicted octanol–water partition coefficient (Wildman–Crippen LogP) is 2.71. The Balaban J connectivity index is 2.18. The Labute approximate surface area is 109 Å². The minimum atomic E-state index is 0.0281. The monoisotopic (exact) mass is 265 g/mol. The molecule has 2 heterocycles. The number of rotatable bonds is 3. The van der Waals surface area contributed by atoms with Gasteiger partial charge < -0.3 is 4.90 Å². The summed E-state index contributed by atoms with van der Waals surface area (Å²) in [5.41, 5.74) is 9.78. The Morgan fingerprint density at radius 2 is 2.44 bits per heavy atom. The van der Waals surface area contributed by atoms with Crippen LogP contribution in [0, 0.1) is 12.8 Å². The lowest BCUT2D eigenvalue weighted by Gasteiger charge is -2.18. The quantitative estimate of drug-likeness (QED) is 0.364. The van der Waals surface area contributed by atoms with Gasteiger partial charge in [0.25, 0.3) is 0 Å². The van der Waals surface area contributed by atoms with Crippen LogP contribution in [0.2, 0.25) is 5.15 Å². The van der Waals surface area contributed by atoms with Gasteiger partial charge in [0.15, 0.2) is 0 Å². The van der Waals surface area contributed by atoms with E-state index in [1.165, 1.54) is 0 Å². The van der Waals surface area contributed by atoms with Gasteiger partial charge in [-0.2, -0.15) is 0 Å². The van der Waals surface area contributed by atoms with Gasteiger partial charge >= 0.3 is 0 Å². The van der Waals surface area contributed by atoms with E-state index in [1.54, 1.807) is 17.0 Å². The van der Waals surface area contributed by atoms with Crippen LogP contribution in [0.3, 0.4) is 0 Å². The molecule has 1 aliphatic heterocycles. The molecular formula is C11H12ClN5O. The Kier molecular flexibility index (Phi) is 3.69. The maximum Gasteiger partial charge on any atom is 0.227 e. The molecule has 0 bridgehead atoms. The molecule has 0 spiro atoms. The lowest BCUT2D eigenvalue weighted by molar-refractivity contribution is -0.117. The molecule has 1 saturated heterocycles. The minimum Gasteiger partial charge on any atom is -0.310 e. The summed E-state index contributed by atoms with van der Waals surface area (Å²) >= 11 is 5.79. The number of anilines is 1. The maximum atomic E-state index is 11.9. The molecule has 0 N–H and O–H groups in total. The van der Waals surface area contributed by atoms with E-state index in [9.17, 15) is 4.79 Å². The zero-order chi connectivity index (χ0) is 13.1. The third kappa shape index (κ3) is 2.55. The molecule has 1 aromatic heterocycles. The van der Waals surface area contributed by atoms with Gasteiger partial charge in [-0.3, -0.25) is 4.79 Å². The van der Waals surface area contributed by atoms with Gasteiger partial charge in [-0.05, 0) is 30.5 Å². The second-order valence-electron chi connectivity index (χ2n) is 4.23. The van der Waals surface area contributed by atoms with Crippen LogP contribution in [0.15, 0.2) is 17.2 Å². The molecule has 1 aliphatic rings. The first-order valence-corrected chi connectivity index (χ1v) is 5.94. The van der Waals surface area contributed by atoms with Crippen LogP contribution in [0.5, 0.6) is 0 Å². The van der Waals surface area contributed by atoms with E-state index >= 15 is 0 Å². The molecule has 18 heavy (non-hydrogen) atoms. The first-order valence-electron chi connectivity index (χ1n) is 5.56. The summed E-state index contributed by atoms with van der Waals surface area (Å²) in [6.07, 6.45) is 0.404. The van der Waals surface area contributed by atoms with Crippen molar-refractivity contribution in [2.24, 2.45) is 11.0 Å². The number of pyridine rings is 1. The highest BCUT2D eigenvalue weighted by atomic mass is 35.5. The topological polar surface area (TPSA) is 82.0 Å². The normalized spacial score (nSPS) is 18.9. The fourth-order valence-electron chi connectivity index (χ4n) is 2.10. The van der Waals surface area contributed by atoms with Crippen LogP contribution in [-0.2, 0) is 4.79 Å². The van der Waals surface area contributed by atoms with Crippen molar-refractivity contribution in [3.05, 3.63) is 33.4 Å². The predicted molar refractivity (Wildman–Crippen MR) is 68.5 cm³/mol. The second kappa shape index (κ2) is 5.25. The van der Waals surface area contributed by atoms with E-state index in [0.717, 1.165) is 11.4 Å². The first-order chi connectivity index (χ1) is 8.61. The average molecular weight is 266 g/mol. The van der Waals surface area contributed by atoms with Gasteiger partial charge in [-0.1, -0.05) is 16.7 Å². The summed E-state index contributed by atoms with van der Waals surface area (Å²) in [5.74, 6) is 0.101. The molecule has 2 rings (SSSR count). The van der Waals surface area contributed by atoms with Gasteiger partial charge in [0.05, 0.1) is 11.4 Å². The molecule has 1 unspecified atom stereocenters. The Bertz CT molecular complexity index is 526. The summed E-state index contributed by atoms with van der Waals surface area (Å²) in [6.45, 7) is 2.72. The number of amides is 1. The van der Waals surface area contributed by atoms with Crippen molar-refractivity contribution in [1.82, 2.24) is 4.98 Å². The van der Waals surface area contributed by atoms with E-state index in [1.807, 2.05) is 6.92 Å². The summed E-state index contributed by atoms with van der Waals surface area (Å²) in [5, 5.41) is 3.93. The summed E-state index contributed by atoms with van der Waals surface area (Å²) < 4.78 is 0. The van der Waals surface area contributed by atoms with Gasteiger partial charge in [0.1, 0.15) is 5.15 Å². The second-order valence-corrected chi connectivity index (χ2v) is 4.61. The van der Waals surface area contributed by atoms with Gasteiger partial charge in [0.2, 0.25) is 5.91 Å². The van der Waals surface area contributed by atoms with Crippen LogP contribution >= 0.6 is 11.6 Å². The molecule has 1 fully saturated rings. The number of halogens is 1. The van der Waals surface area contributed by atoms with Crippen molar-refractivity contribution >= 4 is 23.2 Å². The van der Waals surface area contributed by atoms with Crippen LogP contribution in [0.1, 0.15) is 12.1 Å². The third-order valence-corrected chi connectivity index (χ3v) is 3.13. The van der Waals surface area contributed by atoms with E-state index in [4.69, 9.17) is 17.1 Å². The van der Waals surface area contributed by atoms with Crippen LogP contribution in [0.4, 0.5) is 5.69 Å². The minimum absolute atomic E-state index is 0.0281. The molecule has 1 atom stereocenters. The molecule has 0 aromatic carbocycles. The van der Waals surface area contributed by atoms with E-state index in [0.29, 0.717) is 24.7 Å². The Hall–Kier alpha value is -1.78. The number of carbonyl (C=O) groups excluding carboxylic acids is 1. The lowest BCUT2D eigenvalue weighted by atomic mass is 10.1. The summed E-state index contributed by atoms with van der Waals surface area (Å²) in [4.78, 5) is 20.4. The van der Waals surface area contributed by atoms with Crippen molar-refractivity contribution in [1.29, 1.82) is 0 Å². The molecule has 7 heteroatoms. The fourth-order valence-corrected chi connectivity index (χ4v) is 2.29. The van der Waals surface area contributed by atoms with Gasteiger partial charge in [-0.25, -0.2) is 4.98 Å². The smallest absolute Gasteiger partial charge is 0.227 e. The highest BCUT2D eigenvalue weighted by Gasteiger charge is 2.31. The number of hydrogen-bond acceptors (Lipinski definition) is 3. The van der Waals surface area contributed by atoms with Gasteiger partial charge in [-0.15, -0.1) is 0 Å². The van der Waals surface area contributed by atoms with Crippen molar-refractivity contribution in [2.45, 2.75) is 13.3 Å². The maximum absolute atomic E-state index is 11.9. The van der Waals surface area contributed by atoms with Crippen LogP contribution < -0.4 is 4.90 Å². The highest BCUT2D eigenvalue weighted by molar-refractivity contribution is 6.29. The number of aryl methyl sites for hydroxylation is 1. The fraction of sp³-hybridized carbons (Fsp3) is 0.455. The molecule has 1 amide bonds. The summed E-state index contributed by atoms with van der Waals surface area (Å²) in [6, 6.07) is 3.45. The van der Waals surface area contributed by atoms with E-state index in [2.05, 4.69) is 15.0 Å². The Morgan fingerprint density at radius 3 is 3.11 bits per heavy atom. The van der Waals surface area contributed by atoms with Crippen molar-refractivity contribution in [3.8, 4) is 0 Å². The number of azide groups is 1. The molecule has 0 aliphatic carbocycles. The molecule has 94 valence electrons. The molecular weight excluding hydrogens is 254 g/mol. The number of aromatic nitrogens is 1. The van der Waals surface area contributed by atoms with Crippen molar-refractivity contribution < 1.29 is 4.79 Å². The highest BCUT2D eigenvalue weighted by Crippen LogP contribution is 2.28. The number of carbonyl (C=O) groups is 1. The van der Waals surface area contributed by atoms with Crippen LogP contribution in [0.25, 0.3) is 10.4 Å². The SMILES string of the molecule is Cc1nc(Cl)ccc1N1CC(CN=[N+]=[N-])CC1=O. The number of nitrogens with zero attached hydrogens (tertiary/aromatic N) is 5. The largest absolute Gasteiger partial charge is 0.310 e. The zero-order valence-corrected chi connectivity index (χ0v) is 10.6. The molecule has 6 nitrogen and oxygen atoms in total. The third-order valence-electron chi connectivity index (χ3n) is 2.92. The lowest BCUT2D eigenvalue weighted by Crippen LogP contribution is -2.25. The number of hydrogen-bond donors (Lipinski definition) is 0. The van der Waals surface area contributed by atoms with Crippen LogP contribution in [-0.4, -0.2) is 24.0 Å². The van der Waals surface area contributed by atoms with Crippen molar-refractivity contribution in [2.75, 3.05) is 18.0 Å². The van der Waals surface area contributed by atoms with E-state index < -0.39 is 0 Å². The average Bonchev–Trinajstić information content (AvgIpc) is 2.68.